The molecule has 3 nitrogen and oxygen atoms in total. The normalized spacial score (nSPS) is 15.0. The lowest BCUT2D eigenvalue weighted by atomic mass is 10.1. The molecule has 1 aliphatic carbocycles. The number of nitrogens with one attached hydrogen (secondary N) is 1. The molecule has 2 aromatic rings. The van der Waals surface area contributed by atoms with Gasteiger partial charge in [-0.15, -0.1) is 0 Å². The van der Waals surface area contributed by atoms with Gasteiger partial charge in [-0.3, -0.25) is 0 Å². The Morgan fingerprint density at radius 2 is 2.22 bits per heavy atom. The molecule has 0 amide bonds. The summed E-state index contributed by atoms with van der Waals surface area (Å²) in [7, 11) is 0. The second-order valence-electron chi connectivity index (χ2n) is 4.80. The van der Waals surface area contributed by atoms with E-state index in [1.165, 1.54) is 18.9 Å². The van der Waals surface area contributed by atoms with E-state index in [0.717, 1.165) is 11.3 Å². The fourth-order valence-corrected chi connectivity index (χ4v) is 1.81. The highest BCUT2D eigenvalue weighted by molar-refractivity contribution is 5.58. The third kappa shape index (κ3) is 2.43. The maximum atomic E-state index is 13.5. The highest BCUT2D eigenvalue weighted by Gasteiger charge is 2.20. The predicted molar refractivity (Wildman–Crippen MR) is 66.5 cm³/mol. The van der Waals surface area contributed by atoms with E-state index in [1.54, 1.807) is 13.0 Å². The Labute approximate surface area is 105 Å². The monoisotopic (exact) mass is 246 g/mol. The first-order valence-electron chi connectivity index (χ1n) is 6.18. The molecule has 1 aromatic carbocycles. The summed E-state index contributed by atoms with van der Waals surface area (Å²) in [6, 6.07) is 7.57. The Kier molecular flexibility index (Phi) is 2.88. The number of rotatable bonds is 4. The summed E-state index contributed by atoms with van der Waals surface area (Å²) < 4.78 is 18.7. The van der Waals surface area contributed by atoms with Gasteiger partial charge in [-0.25, -0.2) is 4.39 Å². The van der Waals surface area contributed by atoms with E-state index in [2.05, 4.69) is 10.5 Å². The Bertz CT molecular complexity index is 561. The smallest absolute Gasteiger partial charge is 0.167 e. The molecular formula is C14H15FN2O. The molecule has 1 fully saturated rings. The van der Waals surface area contributed by atoms with Crippen LogP contribution in [0.25, 0.3) is 11.3 Å². The number of hydrogen-bond acceptors (Lipinski definition) is 3. The number of nitrogens with zero attached hydrogens (tertiary/aromatic N) is 1. The van der Waals surface area contributed by atoms with Gasteiger partial charge in [0.25, 0.3) is 0 Å². The first-order chi connectivity index (χ1) is 8.72. The predicted octanol–water partition coefficient (Wildman–Crippen LogP) is 3.04. The summed E-state index contributed by atoms with van der Waals surface area (Å²) in [6.07, 6.45) is 2.49. The van der Waals surface area contributed by atoms with Crippen LogP contribution in [0, 0.1) is 12.7 Å². The van der Waals surface area contributed by atoms with E-state index >= 15 is 0 Å². The number of benzene rings is 1. The zero-order valence-corrected chi connectivity index (χ0v) is 10.2. The molecule has 0 saturated heterocycles. The van der Waals surface area contributed by atoms with Crippen LogP contribution in [-0.2, 0) is 6.54 Å². The van der Waals surface area contributed by atoms with Gasteiger partial charge in [0, 0.05) is 24.2 Å². The van der Waals surface area contributed by atoms with Crippen molar-refractivity contribution in [1.29, 1.82) is 0 Å². The molecule has 1 N–H and O–H groups in total. The van der Waals surface area contributed by atoms with Crippen molar-refractivity contribution in [2.45, 2.75) is 32.4 Å². The number of aromatic nitrogens is 1. The van der Waals surface area contributed by atoms with Crippen LogP contribution < -0.4 is 5.32 Å². The number of hydrogen-bond donors (Lipinski definition) is 1. The van der Waals surface area contributed by atoms with Crippen LogP contribution in [0.4, 0.5) is 4.39 Å². The van der Waals surface area contributed by atoms with E-state index in [9.17, 15) is 4.39 Å². The van der Waals surface area contributed by atoms with E-state index in [0.29, 0.717) is 23.9 Å². The van der Waals surface area contributed by atoms with Crippen molar-refractivity contribution in [2.75, 3.05) is 0 Å². The second kappa shape index (κ2) is 4.53. The van der Waals surface area contributed by atoms with Crippen LogP contribution in [0.1, 0.15) is 24.1 Å². The molecule has 0 aliphatic heterocycles. The van der Waals surface area contributed by atoms with Gasteiger partial charge in [0.1, 0.15) is 5.82 Å². The summed E-state index contributed by atoms with van der Waals surface area (Å²) in [5.41, 5.74) is 2.22. The van der Waals surface area contributed by atoms with Crippen molar-refractivity contribution < 1.29 is 8.91 Å². The molecule has 1 heterocycles. The van der Waals surface area contributed by atoms with Crippen molar-refractivity contribution in [1.82, 2.24) is 10.5 Å². The lowest BCUT2D eigenvalue weighted by Crippen LogP contribution is -2.15. The molecule has 1 saturated carbocycles. The van der Waals surface area contributed by atoms with Crippen molar-refractivity contribution >= 4 is 0 Å². The molecular weight excluding hydrogens is 231 g/mol. The summed E-state index contributed by atoms with van der Waals surface area (Å²) >= 11 is 0. The van der Waals surface area contributed by atoms with Crippen LogP contribution in [0.3, 0.4) is 0 Å². The van der Waals surface area contributed by atoms with Gasteiger partial charge in [0.2, 0.25) is 0 Å². The minimum atomic E-state index is -0.221. The molecule has 0 spiro atoms. The average Bonchev–Trinajstić information content (AvgIpc) is 3.08. The van der Waals surface area contributed by atoms with Crippen LogP contribution in [0.5, 0.6) is 0 Å². The summed E-state index contributed by atoms with van der Waals surface area (Å²) in [5.74, 6) is 0.392. The van der Waals surface area contributed by atoms with Crippen molar-refractivity contribution in [2.24, 2.45) is 0 Å². The van der Waals surface area contributed by atoms with E-state index < -0.39 is 0 Å². The molecule has 4 heteroatoms. The molecule has 18 heavy (non-hydrogen) atoms. The Hall–Kier alpha value is -1.68. The molecule has 0 unspecified atom stereocenters. The van der Waals surface area contributed by atoms with Crippen LogP contribution in [-0.4, -0.2) is 11.2 Å². The van der Waals surface area contributed by atoms with Crippen molar-refractivity contribution in [3.8, 4) is 11.3 Å². The molecule has 3 rings (SSSR count). The summed E-state index contributed by atoms with van der Waals surface area (Å²) in [6.45, 7) is 2.45. The largest absolute Gasteiger partial charge is 0.356 e. The van der Waals surface area contributed by atoms with Gasteiger partial charge >= 0.3 is 0 Å². The van der Waals surface area contributed by atoms with Crippen LogP contribution in [0.15, 0.2) is 28.8 Å². The Morgan fingerprint density at radius 1 is 1.39 bits per heavy atom. The third-order valence-electron chi connectivity index (χ3n) is 3.16. The molecule has 0 atom stereocenters. The van der Waals surface area contributed by atoms with Crippen LogP contribution in [0.2, 0.25) is 0 Å². The van der Waals surface area contributed by atoms with E-state index in [-0.39, 0.29) is 5.82 Å². The molecule has 94 valence electrons. The highest BCUT2D eigenvalue weighted by atomic mass is 19.1. The zero-order valence-electron chi connectivity index (χ0n) is 10.2. The first-order valence-corrected chi connectivity index (χ1v) is 6.18. The van der Waals surface area contributed by atoms with Gasteiger partial charge in [-0.1, -0.05) is 17.3 Å². The minimum absolute atomic E-state index is 0.221. The SMILES string of the molecule is Cc1ccc(-c2cc(CNC3CC3)no2)cc1F. The molecule has 0 radical (unpaired) electrons. The van der Waals surface area contributed by atoms with Crippen LogP contribution >= 0.6 is 0 Å². The van der Waals surface area contributed by atoms with Crippen molar-refractivity contribution in [3.05, 3.63) is 41.3 Å². The Morgan fingerprint density at radius 3 is 2.94 bits per heavy atom. The van der Waals surface area contributed by atoms with Gasteiger partial charge in [0.05, 0.1) is 5.69 Å². The Balaban J connectivity index is 1.76. The third-order valence-corrected chi connectivity index (χ3v) is 3.16. The molecule has 1 aromatic heterocycles. The highest BCUT2D eigenvalue weighted by Crippen LogP contribution is 2.23. The summed E-state index contributed by atoms with van der Waals surface area (Å²) in [5, 5.41) is 7.35. The fraction of sp³-hybridized carbons (Fsp3) is 0.357. The first kappa shape index (κ1) is 11.4. The van der Waals surface area contributed by atoms with E-state index in [1.807, 2.05) is 12.1 Å². The van der Waals surface area contributed by atoms with Gasteiger partial charge in [-0.05, 0) is 31.4 Å². The van der Waals surface area contributed by atoms with Crippen molar-refractivity contribution in [3.63, 3.8) is 0 Å². The lowest BCUT2D eigenvalue weighted by Gasteiger charge is -1.98. The molecule has 1 aliphatic rings. The topological polar surface area (TPSA) is 38.1 Å². The average molecular weight is 246 g/mol. The number of aryl methyl sites for hydroxylation is 1. The maximum Gasteiger partial charge on any atom is 0.167 e. The maximum absolute atomic E-state index is 13.5. The lowest BCUT2D eigenvalue weighted by molar-refractivity contribution is 0.419. The summed E-state index contributed by atoms with van der Waals surface area (Å²) in [4.78, 5) is 0. The molecule has 0 bridgehead atoms. The van der Waals surface area contributed by atoms with Gasteiger partial charge in [0.15, 0.2) is 5.76 Å². The van der Waals surface area contributed by atoms with Gasteiger partial charge < -0.3 is 9.84 Å². The van der Waals surface area contributed by atoms with E-state index in [4.69, 9.17) is 4.52 Å². The quantitative estimate of drug-likeness (QED) is 0.901. The second-order valence-corrected chi connectivity index (χ2v) is 4.80. The minimum Gasteiger partial charge on any atom is -0.356 e. The zero-order chi connectivity index (χ0) is 12.5. The fourth-order valence-electron chi connectivity index (χ4n) is 1.81. The number of halogens is 1. The standard InChI is InChI=1S/C14H15FN2O/c1-9-2-3-10(6-13(9)15)14-7-12(17-18-14)8-16-11-4-5-11/h2-3,6-7,11,16H,4-5,8H2,1H3. The van der Waals surface area contributed by atoms with Gasteiger partial charge in [-0.2, -0.15) is 0 Å².